The summed E-state index contributed by atoms with van der Waals surface area (Å²) in [6.45, 7) is -0.105. The van der Waals surface area contributed by atoms with Crippen LogP contribution in [-0.2, 0) is 6.61 Å². The van der Waals surface area contributed by atoms with E-state index in [2.05, 4.69) is 43.8 Å². The Bertz CT molecular complexity index is 616. The van der Waals surface area contributed by atoms with Gasteiger partial charge in [-0.3, -0.25) is 4.79 Å². The summed E-state index contributed by atoms with van der Waals surface area (Å²) in [7, 11) is 0. The molecule has 2 rings (SSSR count). The highest BCUT2D eigenvalue weighted by Gasteiger charge is 2.12. The number of carbonyl (C=O) groups excluding carboxylic acids is 1. The number of anilines is 1. The molecule has 2 aromatic carbocycles. The lowest BCUT2D eigenvalue weighted by Gasteiger charge is -2.10. The Kier molecular flexibility index (Phi) is 4.95. The van der Waals surface area contributed by atoms with Crippen LogP contribution in [0.15, 0.2) is 46.9 Å². The molecular formula is C14H11BrINO2. The van der Waals surface area contributed by atoms with Gasteiger partial charge in [0.15, 0.2) is 0 Å². The van der Waals surface area contributed by atoms with Crippen LogP contribution < -0.4 is 5.32 Å². The number of aliphatic hydroxyl groups is 1. The van der Waals surface area contributed by atoms with Gasteiger partial charge in [0.2, 0.25) is 0 Å². The third kappa shape index (κ3) is 3.55. The van der Waals surface area contributed by atoms with Crippen molar-refractivity contribution in [2.75, 3.05) is 5.32 Å². The fourth-order valence-electron chi connectivity index (χ4n) is 1.64. The molecule has 0 aliphatic rings. The number of carbonyl (C=O) groups is 1. The van der Waals surface area contributed by atoms with Gasteiger partial charge < -0.3 is 10.4 Å². The quantitative estimate of drug-likeness (QED) is 0.726. The summed E-state index contributed by atoms with van der Waals surface area (Å²) in [5.41, 5.74) is 1.93. The largest absolute Gasteiger partial charge is 0.392 e. The molecule has 0 bridgehead atoms. The van der Waals surface area contributed by atoms with Gasteiger partial charge >= 0.3 is 0 Å². The highest BCUT2D eigenvalue weighted by atomic mass is 127. The summed E-state index contributed by atoms with van der Waals surface area (Å²) in [6, 6.07) is 12.7. The third-order valence-corrected chi connectivity index (χ3v) is 4.04. The first-order chi connectivity index (χ1) is 9.11. The van der Waals surface area contributed by atoms with Crippen LogP contribution in [0.5, 0.6) is 0 Å². The van der Waals surface area contributed by atoms with Gasteiger partial charge in [-0.15, -0.1) is 0 Å². The molecule has 1 amide bonds. The van der Waals surface area contributed by atoms with E-state index in [-0.39, 0.29) is 12.5 Å². The maximum absolute atomic E-state index is 12.2. The van der Waals surface area contributed by atoms with Gasteiger partial charge in [-0.05, 0) is 46.9 Å². The Labute approximate surface area is 133 Å². The maximum atomic E-state index is 12.2. The van der Waals surface area contributed by atoms with Crippen molar-refractivity contribution in [3.05, 3.63) is 61.6 Å². The van der Waals surface area contributed by atoms with Crippen LogP contribution in [0.1, 0.15) is 15.9 Å². The summed E-state index contributed by atoms with van der Waals surface area (Å²) in [4.78, 5) is 12.2. The maximum Gasteiger partial charge on any atom is 0.256 e. The molecule has 0 saturated heterocycles. The van der Waals surface area contributed by atoms with Crippen LogP contribution in [0, 0.1) is 3.57 Å². The molecule has 0 aliphatic heterocycles. The van der Waals surface area contributed by atoms with E-state index in [1.54, 1.807) is 18.2 Å². The lowest BCUT2D eigenvalue weighted by Crippen LogP contribution is -2.14. The Hall–Kier alpha value is -0.920. The molecule has 0 atom stereocenters. The predicted octanol–water partition coefficient (Wildman–Crippen LogP) is 3.80. The van der Waals surface area contributed by atoms with Crippen molar-refractivity contribution in [2.45, 2.75) is 6.61 Å². The van der Waals surface area contributed by atoms with E-state index < -0.39 is 0 Å². The second-order valence-corrected chi connectivity index (χ2v) is 5.97. The van der Waals surface area contributed by atoms with Gasteiger partial charge in [-0.2, -0.15) is 0 Å². The molecule has 2 aromatic rings. The standard InChI is InChI=1S/C14H11BrINO2/c15-10-5-6-12(16)11(7-10)14(19)17-13-4-2-1-3-9(13)8-18/h1-7,18H,8H2,(H,17,19). The molecule has 0 heterocycles. The van der Waals surface area contributed by atoms with E-state index in [0.717, 1.165) is 8.04 Å². The molecule has 0 unspecified atom stereocenters. The Balaban J connectivity index is 2.28. The van der Waals surface area contributed by atoms with Crippen molar-refractivity contribution >= 4 is 50.1 Å². The van der Waals surface area contributed by atoms with Crippen LogP contribution in [-0.4, -0.2) is 11.0 Å². The molecule has 3 nitrogen and oxygen atoms in total. The van der Waals surface area contributed by atoms with Gasteiger partial charge in [-0.25, -0.2) is 0 Å². The molecule has 0 fully saturated rings. The number of benzene rings is 2. The van der Waals surface area contributed by atoms with Gasteiger partial charge in [-0.1, -0.05) is 34.1 Å². The third-order valence-electron chi connectivity index (χ3n) is 2.61. The monoisotopic (exact) mass is 431 g/mol. The number of rotatable bonds is 3. The van der Waals surface area contributed by atoms with E-state index in [4.69, 9.17) is 0 Å². The Morgan fingerprint density at radius 1 is 1.26 bits per heavy atom. The SMILES string of the molecule is O=C(Nc1ccccc1CO)c1cc(Br)ccc1I. The Morgan fingerprint density at radius 2 is 2.00 bits per heavy atom. The summed E-state index contributed by atoms with van der Waals surface area (Å²) in [6.07, 6.45) is 0. The molecular weight excluding hydrogens is 421 g/mol. The number of amides is 1. The number of aliphatic hydroxyl groups excluding tert-OH is 1. The number of nitrogens with one attached hydrogen (secondary N) is 1. The molecule has 0 aliphatic carbocycles. The second kappa shape index (κ2) is 6.49. The fourth-order valence-corrected chi connectivity index (χ4v) is 2.58. The zero-order valence-electron chi connectivity index (χ0n) is 9.86. The zero-order valence-corrected chi connectivity index (χ0v) is 13.6. The summed E-state index contributed by atoms with van der Waals surface area (Å²) in [5, 5.41) is 12.1. The van der Waals surface area contributed by atoms with Crippen LogP contribution in [0.3, 0.4) is 0 Å². The van der Waals surface area contributed by atoms with Crippen molar-refractivity contribution in [1.82, 2.24) is 0 Å². The number of hydrogen-bond donors (Lipinski definition) is 2. The average Bonchev–Trinajstić information content (AvgIpc) is 2.42. The Morgan fingerprint density at radius 3 is 2.74 bits per heavy atom. The summed E-state index contributed by atoms with van der Waals surface area (Å²) < 4.78 is 1.73. The van der Waals surface area contributed by atoms with E-state index in [1.807, 2.05) is 24.3 Å². The molecule has 0 spiro atoms. The van der Waals surface area contributed by atoms with Crippen LogP contribution in [0.2, 0.25) is 0 Å². The molecule has 5 heteroatoms. The van der Waals surface area contributed by atoms with Crippen molar-refractivity contribution in [2.24, 2.45) is 0 Å². The van der Waals surface area contributed by atoms with E-state index >= 15 is 0 Å². The lowest BCUT2D eigenvalue weighted by atomic mass is 10.1. The van der Waals surface area contributed by atoms with Gasteiger partial charge in [0.25, 0.3) is 5.91 Å². The first-order valence-corrected chi connectivity index (χ1v) is 7.44. The first kappa shape index (κ1) is 14.5. The highest BCUT2D eigenvalue weighted by molar-refractivity contribution is 14.1. The smallest absolute Gasteiger partial charge is 0.256 e. The van der Waals surface area contributed by atoms with Gasteiger partial charge in [0, 0.05) is 19.3 Å². The molecule has 0 aromatic heterocycles. The summed E-state index contributed by atoms with van der Waals surface area (Å²) >= 11 is 5.48. The minimum atomic E-state index is -0.188. The molecule has 0 radical (unpaired) electrons. The average molecular weight is 432 g/mol. The van der Waals surface area contributed by atoms with Gasteiger partial charge in [0.1, 0.15) is 0 Å². The van der Waals surface area contributed by atoms with Crippen molar-refractivity contribution in [1.29, 1.82) is 0 Å². The highest BCUT2D eigenvalue weighted by Crippen LogP contribution is 2.21. The zero-order chi connectivity index (χ0) is 13.8. The molecule has 0 saturated carbocycles. The number of halogens is 2. The fraction of sp³-hybridized carbons (Fsp3) is 0.0714. The minimum absolute atomic E-state index is 0.105. The van der Waals surface area contributed by atoms with Crippen LogP contribution >= 0.6 is 38.5 Å². The minimum Gasteiger partial charge on any atom is -0.392 e. The predicted molar refractivity (Wildman–Crippen MR) is 87.2 cm³/mol. The van der Waals surface area contributed by atoms with Crippen molar-refractivity contribution in [3.8, 4) is 0 Å². The first-order valence-electron chi connectivity index (χ1n) is 5.57. The molecule has 2 N–H and O–H groups in total. The normalized spacial score (nSPS) is 10.3. The number of hydrogen-bond acceptors (Lipinski definition) is 2. The van der Waals surface area contributed by atoms with E-state index in [1.165, 1.54) is 0 Å². The van der Waals surface area contributed by atoms with Crippen LogP contribution in [0.4, 0.5) is 5.69 Å². The van der Waals surface area contributed by atoms with E-state index in [0.29, 0.717) is 16.8 Å². The number of para-hydroxylation sites is 1. The molecule has 19 heavy (non-hydrogen) atoms. The van der Waals surface area contributed by atoms with E-state index in [9.17, 15) is 9.90 Å². The van der Waals surface area contributed by atoms with Crippen molar-refractivity contribution < 1.29 is 9.90 Å². The summed E-state index contributed by atoms with van der Waals surface area (Å²) in [5.74, 6) is -0.188. The van der Waals surface area contributed by atoms with Crippen molar-refractivity contribution in [3.63, 3.8) is 0 Å². The second-order valence-electron chi connectivity index (χ2n) is 3.89. The van der Waals surface area contributed by atoms with Gasteiger partial charge in [0.05, 0.1) is 12.2 Å². The lowest BCUT2D eigenvalue weighted by molar-refractivity contribution is 0.102. The van der Waals surface area contributed by atoms with Crippen LogP contribution in [0.25, 0.3) is 0 Å². The topological polar surface area (TPSA) is 49.3 Å². The molecule has 98 valence electrons.